The van der Waals surface area contributed by atoms with Gasteiger partial charge in [0.25, 0.3) is 16.8 Å². The Kier molecular flexibility index (Phi) is 6.54. The summed E-state index contributed by atoms with van der Waals surface area (Å²) >= 11 is 0.775. The van der Waals surface area contributed by atoms with Gasteiger partial charge in [0.1, 0.15) is 6.04 Å². The van der Waals surface area contributed by atoms with Gasteiger partial charge in [0.05, 0.1) is 16.4 Å². The number of imide groups is 1. The van der Waals surface area contributed by atoms with Crippen molar-refractivity contribution in [2.45, 2.75) is 40.7 Å². The van der Waals surface area contributed by atoms with Gasteiger partial charge < -0.3 is 9.30 Å². The Labute approximate surface area is 189 Å². The monoisotopic (exact) mass is 457 g/mol. The quantitative estimate of drug-likeness (QED) is 0.275. The summed E-state index contributed by atoms with van der Waals surface area (Å²) in [6.45, 7) is 8.82. The number of nitro groups is 1. The Morgan fingerprint density at radius 3 is 2.53 bits per heavy atom. The molecule has 1 aliphatic rings. The third-order valence-electron chi connectivity index (χ3n) is 5.23. The molecule has 168 valence electrons. The summed E-state index contributed by atoms with van der Waals surface area (Å²) in [4.78, 5) is 49.0. The summed E-state index contributed by atoms with van der Waals surface area (Å²) in [5.41, 5.74) is 3.94. The maximum absolute atomic E-state index is 12.8. The number of aryl methyl sites for hydroxylation is 2. The molecular weight excluding hydrogens is 434 g/mol. The Morgan fingerprint density at radius 1 is 1.25 bits per heavy atom. The van der Waals surface area contributed by atoms with E-state index < -0.39 is 28.1 Å². The molecule has 1 fully saturated rings. The Bertz CT molecular complexity index is 1170. The molecule has 0 radical (unpaired) electrons. The van der Waals surface area contributed by atoms with Crippen LogP contribution in [0.2, 0.25) is 0 Å². The van der Waals surface area contributed by atoms with Gasteiger partial charge in [-0.15, -0.1) is 0 Å². The van der Waals surface area contributed by atoms with Crippen molar-refractivity contribution < 1.29 is 24.0 Å². The van der Waals surface area contributed by atoms with Gasteiger partial charge in [-0.3, -0.25) is 24.6 Å². The predicted octanol–water partition coefficient (Wildman–Crippen LogP) is 4.30. The number of nitrogens with zero attached hydrogens (tertiary/aromatic N) is 3. The van der Waals surface area contributed by atoms with Crippen molar-refractivity contribution in [2.75, 3.05) is 6.61 Å². The molecule has 0 saturated carbocycles. The summed E-state index contributed by atoms with van der Waals surface area (Å²) < 4.78 is 6.87. The third-order valence-corrected chi connectivity index (χ3v) is 6.11. The zero-order valence-corrected chi connectivity index (χ0v) is 19.2. The van der Waals surface area contributed by atoms with E-state index in [0.29, 0.717) is 0 Å². The second-order valence-electron chi connectivity index (χ2n) is 7.37. The van der Waals surface area contributed by atoms with Crippen LogP contribution in [0.5, 0.6) is 0 Å². The number of aromatic nitrogens is 1. The van der Waals surface area contributed by atoms with Gasteiger partial charge in [-0.2, -0.15) is 0 Å². The van der Waals surface area contributed by atoms with Crippen molar-refractivity contribution in [2.24, 2.45) is 0 Å². The van der Waals surface area contributed by atoms with E-state index in [1.807, 2.05) is 24.5 Å². The zero-order chi connectivity index (χ0) is 23.7. The van der Waals surface area contributed by atoms with E-state index in [9.17, 15) is 24.5 Å². The van der Waals surface area contributed by atoms with E-state index in [-0.39, 0.29) is 17.2 Å². The fourth-order valence-electron chi connectivity index (χ4n) is 3.63. The van der Waals surface area contributed by atoms with E-state index in [1.54, 1.807) is 26.0 Å². The Balaban J connectivity index is 1.96. The van der Waals surface area contributed by atoms with E-state index in [1.165, 1.54) is 19.1 Å². The molecule has 0 spiro atoms. The molecule has 9 nitrogen and oxygen atoms in total. The van der Waals surface area contributed by atoms with Crippen LogP contribution in [-0.2, 0) is 14.3 Å². The number of ether oxygens (including phenoxy) is 1. The van der Waals surface area contributed by atoms with Crippen LogP contribution in [0.1, 0.15) is 36.4 Å². The molecule has 0 aliphatic carbocycles. The first-order valence-corrected chi connectivity index (χ1v) is 10.8. The summed E-state index contributed by atoms with van der Waals surface area (Å²) in [6, 6.07) is 5.51. The summed E-state index contributed by atoms with van der Waals surface area (Å²) in [5, 5.41) is 10.5. The lowest BCUT2D eigenvalue weighted by Crippen LogP contribution is -2.42. The van der Waals surface area contributed by atoms with Gasteiger partial charge in [0.2, 0.25) is 0 Å². The molecule has 0 unspecified atom stereocenters. The average Bonchev–Trinajstić information content (AvgIpc) is 3.16. The molecule has 3 rings (SSSR count). The minimum atomic E-state index is -1.01. The minimum Gasteiger partial charge on any atom is -0.464 e. The standard InChI is InChI=1S/C22H23N3O6S/c1-6-31-21(27)15(5)24-20(26)19(32-22(24)28)11-16-10-13(3)23(14(16)4)18-8-7-17(25(29)30)9-12(18)2/h7-11,15H,6H2,1-5H3/b19-11+/t15-/m0/s1. The molecule has 32 heavy (non-hydrogen) atoms. The number of benzene rings is 1. The summed E-state index contributed by atoms with van der Waals surface area (Å²) in [6.07, 6.45) is 1.63. The molecule has 1 saturated heterocycles. The molecule has 2 aromatic rings. The fraction of sp³-hybridized carbons (Fsp3) is 0.318. The Hall–Kier alpha value is -3.40. The number of carbonyl (C=O) groups excluding carboxylic acids is 3. The topological polar surface area (TPSA) is 112 Å². The van der Waals surface area contributed by atoms with Gasteiger partial charge in [-0.1, -0.05) is 0 Å². The van der Waals surface area contributed by atoms with Crippen LogP contribution in [0.25, 0.3) is 11.8 Å². The predicted molar refractivity (Wildman–Crippen MR) is 121 cm³/mol. The molecule has 1 aliphatic heterocycles. The highest BCUT2D eigenvalue weighted by Gasteiger charge is 2.41. The van der Waals surface area contributed by atoms with Gasteiger partial charge >= 0.3 is 5.97 Å². The van der Waals surface area contributed by atoms with Crippen molar-refractivity contribution >= 4 is 40.6 Å². The van der Waals surface area contributed by atoms with Gasteiger partial charge in [0.15, 0.2) is 0 Å². The number of hydrogen-bond acceptors (Lipinski definition) is 7. The minimum absolute atomic E-state index is 0.0123. The van der Waals surface area contributed by atoms with Crippen molar-refractivity contribution in [3.8, 4) is 5.69 Å². The van der Waals surface area contributed by atoms with Crippen LogP contribution >= 0.6 is 11.8 Å². The van der Waals surface area contributed by atoms with Gasteiger partial charge in [-0.25, -0.2) is 4.79 Å². The maximum Gasteiger partial charge on any atom is 0.329 e. The zero-order valence-electron chi connectivity index (χ0n) is 18.4. The lowest BCUT2D eigenvalue weighted by Gasteiger charge is -2.19. The van der Waals surface area contributed by atoms with E-state index >= 15 is 0 Å². The number of nitro benzene ring substituents is 1. The van der Waals surface area contributed by atoms with Crippen LogP contribution in [-0.4, -0.2) is 44.2 Å². The largest absolute Gasteiger partial charge is 0.464 e. The molecule has 2 heterocycles. The van der Waals surface area contributed by atoms with Crippen LogP contribution in [0, 0.1) is 30.9 Å². The normalized spacial score (nSPS) is 16.0. The van der Waals surface area contributed by atoms with Crippen molar-refractivity contribution in [1.29, 1.82) is 0 Å². The molecule has 2 amide bonds. The van der Waals surface area contributed by atoms with Crippen LogP contribution < -0.4 is 0 Å². The molecule has 0 N–H and O–H groups in total. The first-order valence-electron chi connectivity index (χ1n) is 9.94. The van der Waals surface area contributed by atoms with E-state index in [4.69, 9.17) is 4.74 Å². The van der Waals surface area contributed by atoms with Crippen LogP contribution in [0.3, 0.4) is 0 Å². The van der Waals surface area contributed by atoms with Gasteiger partial charge in [-0.05, 0) is 75.7 Å². The highest BCUT2D eigenvalue weighted by molar-refractivity contribution is 8.18. The number of carbonyl (C=O) groups is 3. The lowest BCUT2D eigenvalue weighted by atomic mass is 10.1. The molecular formula is C22H23N3O6S. The maximum atomic E-state index is 12.8. The summed E-state index contributed by atoms with van der Waals surface area (Å²) in [5.74, 6) is -1.18. The molecule has 1 aromatic heterocycles. The van der Waals surface area contributed by atoms with Crippen LogP contribution in [0.15, 0.2) is 29.2 Å². The van der Waals surface area contributed by atoms with Gasteiger partial charge in [0, 0.05) is 29.2 Å². The smallest absolute Gasteiger partial charge is 0.329 e. The Morgan fingerprint density at radius 2 is 1.94 bits per heavy atom. The molecule has 1 aromatic carbocycles. The van der Waals surface area contributed by atoms with Crippen LogP contribution in [0.4, 0.5) is 10.5 Å². The number of thioether (sulfide) groups is 1. The average molecular weight is 458 g/mol. The lowest BCUT2D eigenvalue weighted by molar-refractivity contribution is -0.384. The molecule has 0 bridgehead atoms. The highest BCUT2D eigenvalue weighted by atomic mass is 32.2. The SMILES string of the molecule is CCOC(=O)[C@H](C)N1C(=O)S/C(=C/c2cc(C)n(-c3ccc([N+](=O)[O-])cc3C)c2C)C1=O. The molecule has 1 atom stereocenters. The number of hydrogen-bond donors (Lipinski definition) is 0. The third kappa shape index (κ3) is 4.18. The van der Waals surface area contributed by atoms with E-state index in [2.05, 4.69) is 0 Å². The van der Waals surface area contributed by atoms with Crippen molar-refractivity contribution in [3.63, 3.8) is 0 Å². The van der Waals surface area contributed by atoms with E-state index in [0.717, 1.165) is 44.9 Å². The summed E-state index contributed by atoms with van der Waals surface area (Å²) in [7, 11) is 0. The first-order chi connectivity index (χ1) is 15.1. The number of amides is 2. The second kappa shape index (κ2) is 8.99. The number of rotatable bonds is 6. The molecule has 10 heteroatoms. The number of esters is 1. The fourth-order valence-corrected chi connectivity index (χ4v) is 4.53. The van der Waals surface area contributed by atoms with Crippen molar-refractivity contribution in [1.82, 2.24) is 9.47 Å². The second-order valence-corrected chi connectivity index (χ2v) is 8.36. The van der Waals surface area contributed by atoms with Crippen molar-refractivity contribution in [3.05, 3.63) is 61.8 Å². The first kappa shape index (κ1) is 23.3. The highest BCUT2D eigenvalue weighted by Crippen LogP contribution is 2.35. The number of non-ortho nitro benzene ring substituents is 1.